The Bertz CT molecular complexity index is 658. The minimum Gasteiger partial charge on any atom is -0.456 e. The molecule has 2 aromatic rings. The van der Waals surface area contributed by atoms with Crippen LogP contribution in [-0.4, -0.2) is 5.91 Å². The lowest BCUT2D eigenvalue weighted by atomic mass is 10.1. The average molecular weight is 272 g/mol. The number of nitrogens with zero attached hydrogens (tertiary/aromatic N) is 1. The Morgan fingerprint density at radius 3 is 2.75 bits per heavy atom. The van der Waals surface area contributed by atoms with Crippen LogP contribution in [0.1, 0.15) is 34.8 Å². The van der Waals surface area contributed by atoms with Crippen LogP contribution >= 0.6 is 0 Å². The van der Waals surface area contributed by atoms with E-state index in [0.717, 1.165) is 0 Å². The molecule has 0 spiro atoms. The Morgan fingerprint density at radius 2 is 2.15 bits per heavy atom. The minimum absolute atomic E-state index is 0.110. The van der Waals surface area contributed by atoms with Crippen LogP contribution in [0.2, 0.25) is 0 Å². The van der Waals surface area contributed by atoms with Crippen LogP contribution < -0.4 is 5.32 Å². The first kappa shape index (κ1) is 13.8. The van der Waals surface area contributed by atoms with Crippen molar-refractivity contribution < 1.29 is 13.6 Å². The van der Waals surface area contributed by atoms with Gasteiger partial charge in [0.2, 0.25) is 0 Å². The first-order chi connectivity index (χ1) is 9.65. The van der Waals surface area contributed by atoms with Crippen LogP contribution in [-0.2, 0) is 6.42 Å². The van der Waals surface area contributed by atoms with Crippen LogP contribution in [0.4, 0.5) is 4.39 Å². The number of halogens is 1. The van der Waals surface area contributed by atoms with Crippen LogP contribution in [0.25, 0.3) is 0 Å². The summed E-state index contributed by atoms with van der Waals surface area (Å²) in [5.74, 6) is -0.291. The molecule has 2 rings (SSSR count). The number of nitriles is 1. The van der Waals surface area contributed by atoms with Crippen molar-refractivity contribution >= 4 is 5.91 Å². The molecule has 0 aliphatic rings. The van der Waals surface area contributed by atoms with E-state index >= 15 is 0 Å². The zero-order valence-electron chi connectivity index (χ0n) is 10.9. The van der Waals surface area contributed by atoms with Crippen molar-refractivity contribution in [2.45, 2.75) is 19.4 Å². The number of hydrogen-bond donors (Lipinski definition) is 1. The smallest absolute Gasteiger partial charge is 0.288 e. The molecular weight excluding hydrogens is 259 g/mol. The van der Waals surface area contributed by atoms with Gasteiger partial charge in [-0.15, -0.1) is 0 Å². The van der Waals surface area contributed by atoms with Crippen molar-refractivity contribution in [2.75, 3.05) is 0 Å². The topological polar surface area (TPSA) is 66.0 Å². The van der Waals surface area contributed by atoms with E-state index in [1.54, 1.807) is 12.1 Å². The standard InChI is InChI=1S/C15H13FN2O2/c1-2-10-7-8-14(20-10)15(19)18-13(9-17)11-5-3-4-6-12(11)16/h3-8,13H,2H2,1H3,(H,18,19)/t13-/m1/s1. The summed E-state index contributed by atoms with van der Waals surface area (Å²) in [5, 5.41) is 11.5. The van der Waals surface area contributed by atoms with Crippen LogP contribution in [0, 0.1) is 17.1 Å². The molecule has 102 valence electrons. The van der Waals surface area contributed by atoms with Crippen molar-refractivity contribution in [3.8, 4) is 6.07 Å². The molecule has 1 atom stereocenters. The summed E-state index contributed by atoms with van der Waals surface area (Å²) in [6.45, 7) is 1.90. The van der Waals surface area contributed by atoms with Crippen LogP contribution in [0.5, 0.6) is 0 Å². The normalized spacial score (nSPS) is 11.7. The number of aryl methyl sites for hydroxylation is 1. The predicted molar refractivity (Wildman–Crippen MR) is 70.3 cm³/mol. The Morgan fingerprint density at radius 1 is 1.40 bits per heavy atom. The molecule has 1 heterocycles. The third-order valence-corrected chi connectivity index (χ3v) is 2.85. The summed E-state index contributed by atoms with van der Waals surface area (Å²) >= 11 is 0. The second-order valence-electron chi connectivity index (χ2n) is 4.18. The lowest BCUT2D eigenvalue weighted by Crippen LogP contribution is -2.27. The van der Waals surface area contributed by atoms with Crippen molar-refractivity contribution in [3.05, 3.63) is 59.3 Å². The maximum absolute atomic E-state index is 13.6. The van der Waals surface area contributed by atoms with E-state index < -0.39 is 17.8 Å². The van der Waals surface area contributed by atoms with E-state index in [4.69, 9.17) is 9.68 Å². The lowest BCUT2D eigenvalue weighted by Gasteiger charge is -2.11. The highest BCUT2D eigenvalue weighted by Gasteiger charge is 2.19. The number of hydrogen-bond acceptors (Lipinski definition) is 3. The third kappa shape index (κ3) is 2.86. The first-order valence-electron chi connectivity index (χ1n) is 6.19. The average Bonchev–Trinajstić information content (AvgIpc) is 2.94. The van der Waals surface area contributed by atoms with E-state index in [1.165, 1.54) is 24.3 Å². The van der Waals surface area contributed by atoms with Gasteiger partial charge in [0.15, 0.2) is 5.76 Å². The van der Waals surface area contributed by atoms with E-state index in [1.807, 2.05) is 13.0 Å². The maximum atomic E-state index is 13.6. The van der Waals surface area contributed by atoms with Gasteiger partial charge >= 0.3 is 0 Å². The van der Waals surface area contributed by atoms with Crippen molar-refractivity contribution in [3.63, 3.8) is 0 Å². The van der Waals surface area contributed by atoms with Gasteiger partial charge in [0.1, 0.15) is 17.6 Å². The molecule has 0 fully saturated rings. The molecule has 5 heteroatoms. The molecule has 1 N–H and O–H groups in total. The van der Waals surface area contributed by atoms with Crippen molar-refractivity contribution in [1.29, 1.82) is 5.26 Å². The Kier molecular flexibility index (Phi) is 4.16. The highest BCUT2D eigenvalue weighted by molar-refractivity contribution is 5.92. The minimum atomic E-state index is -1.06. The number of amides is 1. The summed E-state index contributed by atoms with van der Waals surface area (Å²) in [6, 6.07) is 9.87. The zero-order chi connectivity index (χ0) is 14.5. The quantitative estimate of drug-likeness (QED) is 0.930. The number of furan rings is 1. The Balaban J connectivity index is 2.17. The number of carbonyl (C=O) groups is 1. The highest BCUT2D eigenvalue weighted by atomic mass is 19.1. The molecule has 4 nitrogen and oxygen atoms in total. The van der Waals surface area contributed by atoms with Gasteiger partial charge in [0.25, 0.3) is 5.91 Å². The highest BCUT2D eigenvalue weighted by Crippen LogP contribution is 2.17. The van der Waals surface area contributed by atoms with E-state index in [9.17, 15) is 9.18 Å². The fourth-order valence-corrected chi connectivity index (χ4v) is 1.78. The molecule has 0 saturated heterocycles. The van der Waals surface area contributed by atoms with Gasteiger partial charge in [0.05, 0.1) is 6.07 Å². The maximum Gasteiger partial charge on any atom is 0.288 e. The van der Waals surface area contributed by atoms with Crippen LogP contribution in [0.15, 0.2) is 40.8 Å². The van der Waals surface area contributed by atoms with E-state index in [0.29, 0.717) is 12.2 Å². The largest absolute Gasteiger partial charge is 0.456 e. The molecule has 0 radical (unpaired) electrons. The molecule has 1 aromatic carbocycles. The fraction of sp³-hybridized carbons (Fsp3) is 0.200. The Hall–Kier alpha value is -2.61. The summed E-state index contributed by atoms with van der Waals surface area (Å²) in [6.07, 6.45) is 0.669. The molecule has 0 saturated carbocycles. The summed E-state index contributed by atoms with van der Waals surface area (Å²) in [5.41, 5.74) is 0.130. The summed E-state index contributed by atoms with van der Waals surface area (Å²) in [7, 11) is 0. The second kappa shape index (κ2) is 6.02. The molecule has 0 unspecified atom stereocenters. The van der Waals surface area contributed by atoms with Crippen LogP contribution in [0.3, 0.4) is 0 Å². The molecule has 0 aliphatic heterocycles. The van der Waals surface area contributed by atoms with Crippen molar-refractivity contribution in [2.24, 2.45) is 0 Å². The van der Waals surface area contributed by atoms with Gasteiger partial charge in [-0.25, -0.2) is 4.39 Å². The zero-order valence-corrected chi connectivity index (χ0v) is 10.9. The molecular formula is C15H13FN2O2. The van der Waals surface area contributed by atoms with Crippen molar-refractivity contribution in [1.82, 2.24) is 5.32 Å². The first-order valence-corrected chi connectivity index (χ1v) is 6.19. The fourth-order valence-electron chi connectivity index (χ4n) is 1.78. The van der Waals surface area contributed by atoms with E-state index in [2.05, 4.69) is 5.32 Å². The predicted octanol–water partition coefficient (Wildman–Crippen LogP) is 2.98. The monoisotopic (exact) mass is 272 g/mol. The third-order valence-electron chi connectivity index (χ3n) is 2.85. The van der Waals surface area contributed by atoms with Gasteiger partial charge in [-0.2, -0.15) is 5.26 Å². The van der Waals surface area contributed by atoms with Gasteiger partial charge in [0, 0.05) is 12.0 Å². The van der Waals surface area contributed by atoms with E-state index in [-0.39, 0.29) is 11.3 Å². The van der Waals surface area contributed by atoms with Gasteiger partial charge in [-0.05, 0) is 18.2 Å². The Labute approximate surface area is 115 Å². The molecule has 0 aliphatic carbocycles. The molecule has 20 heavy (non-hydrogen) atoms. The second-order valence-corrected chi connectivity index (χ2v) is 4.18. The SMILES string of the molecule is CCc1ccc(C(=O)N[C@H](C#N)c2ccccc2F)o1. The summed E-state index contributed by atoms with van der Waals surface area (Å²) < 4.78 is 18.9. The molecule has 1 aromatic heterocycles. The lowest BCUT2D eigenvalue weighted by molar-refractivity contribution is 0.0915. The molecule has 0 bridgehead atoms. The number of nitrogens with one attached hydrogen (secondary N) is 1. The molecule has 1 amide bonds. The number of benzene rings is 1. The summed E-state index contributed by atoms with van der Waals surface area (Å²) in [4.78, 5) is 11.9. The van der Waals surface area contributed by atoms with Gasteiger partial charge < -0.3 is 9.73 Å². The number of carbonyl (C=O) groups excluding carboxylic acids is 1. The van der Waals surface area contributed by atoms with Gasteiger partial charge in [-0.1, -0.05) is 25.1 Å². The van der Waals surface area contributed by atoms with Gasteiger partial charge in [-0.3, -0.25) is 4.79 Å². The number of rotatable bonds is 4.